The molecule has 0 bridgehead atoms. The Morgan fingerprint density at radius 1 is 1.53 bits per heavy atom. The molecule has 2 heterocycles. The van der Waals surface area contributed by atoms with Gasteiger partial charge in [0.05, 0.1) is 11.9 Å². The highest BCUT2D eigenvalue weighted by Gasteiger charge is 2.21. The molecule has 4 N–H and O–H groups in total. The number of carbonyl (C=O) groups excluding carboxylic acids is 1. The molecule has 5 nitrogen and oxygen atoms in total. The van der Waals surface area contributed by atoms with E-state index in [2.05, 4.69) is 22.5 Å². The van der Waals surface area contributed by atoms with Gasteiger partial charge in [0.1, 0.15) is 5.82 Å². The number of nitrogens with two attached hydrogens (primary N) is 1. The fourth-order valence-electron chi connectivity index (χ4n) is 2.56. The van der Waals surface area contributed by atoms with Gasteiger partial charge < -0.3 is 16.4 Å². The third-order valence-electron chi connectivity index (χ3n) is 3.77. The van der Waals surface area contributed by atoms with Crippen molar-refractivity contribution in [3.05, 3.63) is 18.3 Å². The summed E-state index contributed by atoms with van der Waals surface area (Å²) in [7, 11) is 0. The molecule has 0 radical (unpaired) electrons. The molecule has 2 rings (SSSR count). The number of nitrogen functional groups attached to an aromatic ring is 1. The predicted octanol–water partition coefficient (Wildman–Crippen LogP) is 1.63. The summed E-state index contributed by atoms with van der Waals surface area (Å²) in [4.78, 5) is 15.9. The Bertz CT molecular complexity index is 412. The summed E-state index contributed by atoms with van der Waals surface area (Å²) in [6, 6.07) is 3.46. The van der Waals surface area contributed by atoms with E-state index in [1.54, 1.807) is 18.3 Å². The Balaban J connectivity index is 1.81. The quantitative estimate of drug-likeness (QED) is 0.770. The van der Waals surface area contributed by atoms with E-state index in [1.807, 2.05) is 0 Å². The first kappa shape index (κ1) is 13.8. The van der Waals surface area contributed by atoms with Crippen molar-refractivity contribution < 1.29 is 4.79 Å². The number of carbonyl (C=O) groups is 1. The summed E-state index contributed by atoms with van der Waals surface area (Å²) in [6.45, 7) is 4.30. The summed E-state index contributed by atoms with van der Waals surface area (Å²) in [5.41, 5.74) is 6.21. The van der Waals surface area contributed by atoms with Crippen LogP contribution in [0.4, 0.5) is 11.5 Å². The standard InChI is InChI=1S/C14H22N4O/c1-10(11-4-6-16-7-5-11)8-14(19)18-12-2-3-13(15)17-9-12/h2-3,9-11,16H,4-8H2,1H3,(H2,15,17)(H,18,19). The van der Waals surface area contributed by atoms with E-state index in [9.17, 15) is 4.79 Å². The molecule has 0 aliphatic carbocycles. The van der Waals surface area contributed by atoms with Crippen LogP contribution in [0.25, 0.3) is 0 Å². The van der Waals surface area contributed by atoms with Gasteiger partial charge in [0, 0.05) is 6.42 Å². The van der Waals surface area contributed by atoms with E-state index in [4.69, 9.17) is 5.73 Å². The maximum absolute atomic E-state index is 12.0. The number of nitrogens with one attached hydrogen (secondary N) is 2. The minimum absolute atomic E-state index is 0.0533. The Labute approximate surface area is 114 Å². The highest BCUT2D eigenvalue weighted by atomic mass is 16.1. The third-order valence-corrected chi connectivity index (χ3v) is 3.77. The molecule has 1 saturated heterocycles. The first-order chi connectivity index (χ1) is 9.15. The van der Waals surface area contributed by atoms with Crippen LogP contribution >= 0.6 is 0 Å². The lowest BCUT2D eigenvalue weighted by Crippen LogP contribution is -2.32. The van der Waals surface area contributed by atoms with E-state index >= 15 is 0 Å². The fraction of sp³-hybridized carbons (Fsp3) is 0.571. The molecule has 0 spiro atoms. The van der Waals surface area contributed by atoms with Crippen LogP contribution in [0.1, 0.15) is 26.2 Å². The second-order valence-corrected chi connectivity index (χ2v) is 5.29. The van der Waals surface area contributed by atoms with Gasteiger partial charge in [-0.1, -0.05) is 6.92 Å². The topological polar surface area (TPSA) is 80.0 Å². The molecule has 1 aliphatic rings. The van der Waals surface area contributed by atoms with Gasteiger partial charge in [-0.2, -0.15) is 0 Å². The number of hydrogen-bond donors (Lipinski definition) is 3. The summed E-state index contributed by atoms with van der Waals surface area (Å²) >= 11 is 0. The largest absolute Gasteiger partial charge is 0.384 e. The van der Waals surface area contributed by atoms with Crippen molar-refractivity contribution >= 4 is 17.4 Å². The molecular formula is C14H22N4O. The lowest BCUT2D eigenvalue weighted by atomic mass is 9.84. The minimum Gasteiger partial charge on any atom is -0.384 e. The van der Waals surface area contributed by atoms with Crippen molar-refractivity contribution in [3.63, 3.8) is 0 Å². The van der Waals surface area contributed by atoms with Gasteiger partial charge in [0.25, 0.3) is 0 Å². The van der Waals surface area contributed by atoms with Crippen LogP contribution < -0.4 is 16.4 Å². The van der Waals surface area contributed by atoms with Crippen LogP contribution in [-0.2, 0) is 4.79 Å². The third kappa shape index (κ3) is 4.21. The zero-order valence-electron chi connectivity index (χ0n) is 11.4. The number of amides is 1. The molecule has 19 heavy (non-hydrogen) atoms. The SMILES string of the molecule is CC(CC(=O)Nc1ccc(N)nc1)C1CCNCC1. The highest BCUT2D eigenvalue weighted by molar-refractivity contribution is 5.90. The Morgan fingerprint density at radius 3 is 2.89 bits per heavy atom. The van der Waals surface area contributed by atoms with Crippen LogP contribution in [0.15, 0.2) is 18.3 Å². The average Bonchev–Trinajstić information content (AvgIpc) is 2.42. The van der Waals surface area contributed by atoms with Crippen LogP contribution in [0.2, 0.25) is 0 Å². The number of rotatable bonds is 4. The molecule has 1 atom stereocenters. The maximum Gasteiger partial charge on any atom is 0.224 e. The summed E-state index contributed by atoms with van der Waals surface area (Å²) in [5.74, 6) is 1.58. The number of pyridine rings is 1. The molecule has 1 fully saturated rings. The summed E-state index contributed by atoms with van der Waals surface area (Å²) in [6.07, 6.45) is 4.48. The fourth-order valence-corrected chi connectivity index (χ4v) is 2.56. The van der Waals surface area contributed by atoms with Gasteiger partial charge in [-0.15, -0.1) is 0 Å². The van der Waals surface area contributed by atoms with E-state index in [-0.39, 0.29) is 5.91 Å². The van der Waals surface area contributed by atoms with E-state index in [0.717, 1.165) is 25.9 Å². The van der Waals surface area contributed by atoms with Gasteiger partial charge in [0.15, 0.2) is 0 Å². The molecule has 1 aromatic heterocycles. The van der Waals surface area contributed by atoms with Gasteiger partial charge in [-0.05, 0) is 49.9 Å². The van der Waals surface area contributed by atoms with Gasteiger partial charge >= 0.3 is 0 Å². The molecule has 104 valence electrons. The van der Waals surface area contributed by atoms with Crippen molar-refractivity contribution in [1.82, 2.24) is 10.3 Å². The lowest BCUT2D eigenvalue weighted by molar-refractivity contribution is -0.117. The zero-order valence-corrected chi connectivity index (χ0v) is 11.4. The van der Waals surface area contributed by atoms with Crippen LogP contribution in [0, 0.1) is 11.8 Å². The van der Waals surface area contributed by atoms with Crippen molar-refractivity contribution in [2.75, 3.05) is 24.1 Å². The van der Waals surface area contributed by atoms with Crippen molar-refractivity contribution in [2.45, 2.75) is 26.2 Å². The van der Waals surface area contributed by atoms with Gasteiger partial charge in [-0.3, -0.25) is 4.79 Å². The molecule has 0 aromatic carbocycles. The molecule has 1 unspecified atom stereocenters. The first-order valence-electron chi connectivity index (χ1n) is 6.87. The summed E-state index contributed by atoms with van der Waals surface area (Å²) < 4.78 is 0. The van der Waals surface area contributed by atoms with Crippen LogP contribution in [0.5, 0.6) is 0 Å². The van der Waals surface area contributed by atoms with E-state index < -0.39 is 0 Å². The maximum atomic E-state index is 12.0. The number of anilines is 2. The van der Waals surface area contributed by atoms with Crippen LogP contribution in [-0.4, -0.2) is 24.0 Å². The van der Waals surface area contributed by atoms with Gasteiger partial charge in [-0.25, -0.2) is 4.98 Å². The molecule has 1 aromatic rings. The Hall–Kier alpha value is -1.62. The number of hydrogen-bond acceptors (Lipinski definition) is 4. The van der Waals surface area contributed by atoms with Crippen molar-refractivity contribution in [1.29, 1.82) is 0 Å². The number of nitrogens with zero attached hydrogens (tertiary/aromatic N) is 1. The minimum atomic E-state index is 0.0533. The van der Waals surface area contributed by atoms with E-state index in [0.29, 0.717) is 29.8 Å². The molecular weight excluding hydrogens is 240 g/mol. The monoisotopic (exact) mass is 262 g/mol. The van der Waals surface area contributed by atoms with E-state index in [1.165, 1.54) is 0 Å². The number of piperidine rings is 1. The molecule has 5 heteroatoms. The normalized spacial score (nSPS) is 17.9. The molecule has 1 amide bonds. The predicted molar refractivity (Wildman–Crippen MR) is 76.7 cm³/mol. The second kappa shape index (κ2) is 6.52. The van der Waals surface area contributed by atoms with Crippen molar-refractivity contribution in [2.24, 2.45) is 11.8 Å². The first-order valence-corrected chi connectivity index (χ1v) is 6.87. The Kier molecular flexibility index (Phi) is 4.74. The van der Waals surface area contributed by atoms with Gasteiger partial charge in [0.2, 0.25) is 5.91 Å². The average molecular weight is 262 g/mol. The smallest absolute Gasteiger partial charge is 0.224 e. The number of aromatic nitrogens is 1. The zero-order chi connectivity index (χ0) is 13.7. The second-order valence-electron chi connectivity index (χ2n) is 5.29. The lowest BCUT2D eigenvalue weighted by Gasteiger charge is -2.27. The highest BCUT2D eigenvalue weighted by Crippen LogP contribution is 2.24. The van der Waals surface area contributed by atoms with Crippen molar-refractivity contribution in [3.8, 4) is 0 Å². The molecule has 0 saturated carbocycles. The molecule has 1 aliphatic heterocycles. The summed E-state index contributed by atoms with van der Waals surface area (Å²) in [5, 5.41) is 6.21. The Morgan fingerprint density at radius 2 is 2.26 bits per heavy atom. The van der Waals surface area contributed by atoms with Crippen LogP contribution in [0.3, 0.4) is 0 Å².